The van der Waals surface area contributed by atoms with Crippen molar-refractivity contribution in [3.63, 3.8) is 0 Å². The van der Waals surface area contributed by atoms with Gasteiger partial charge in [-0.15, -0.1) is 0 Å². The van der Waals surface area contributed by atoms with Crippen molar-refractivity contribution in [2.45, 2.75) is 10.1 Å². The van der Waals surface area contributed by atoms with Gasteiger partial charge in [-0.1, -0.05) is 41.9 Å². The summed E-state index contributed by atoms with van der Waals surface area (Å²) in [7, 11) is -4.03. The lowest BCUT2D eigenvalue weighted by Crippen LogP contribution is -2.22. The summed E-state index contributed by atoms with van der Waals surface area (Å²) < 4.78 is 24.9. The summed E-state index contributed by atoms with van der Waals surface area (Å²) in [5.74, 6) is -1.41. The van der Waals surface area contributed by atoms with Crippen molar-refractivity contribution in [1.82, 2.24) is 0 Å². The van der Waals surface area contributed by atoms with Crippen LogP contribution in [-0.4, -0.2) is 19.5 Å². The molecule has 0 saturated carbocycles. The Bertz CT molecular complexity index is 709. The topological polar surface area (TPSA) is 71.4 Å². The van der Waals surface area contributed by atoms with Crippen LogP contribution in [0.4, 0.5) is 0 Å². The van der Waals surface area contributed by atoms with Gasteiger partial charge < -0.3 is 5.11 Å². The number of halogens is 1. The fourth-order valence-electron chi connectivity index (χ4n) is 1.84. The molecule has 0 aliphatic heterocycles. The third-order valence-electron chi connectivity index (χ3n) is 2.78. The van der Waals surface area contributed by atoms with Gasteiger partial charge in [-0.2, -0.15) is 0 Å². The number of carboxylic acid groups (broad SMARTS) is 1. The molecule has 0 aliphatic carbocycles. The summed E-state index contributed by atoms with van der Waals surface area (Å²) in [5.41, 5.74) is 0.218. The molecule has 0 bridgehead atoms. The van der Waals surface area contributed by atoms with Crippen LogP contribution in [-0.2, 0) is 14.6 Å². The minimum atomic E-state index is -4.03. The number of hydrogen-bond donors (Lipinski definition) is 1. The standard InChI is InChI=1S/C14H11ClO4S/c15-11-6-8-12(9-7-11)20(18,19)13(14(16)17)10-4-2-1-3-5-10/h1-9,13H,(H,16,17). The van der Waals surface area contributed by atoms with Crippen molar-refractivity contribution < 1.29 is 18.3 Å². The Labute approximate surface area is 121 Å². The quantitative estimate of drug-likeness (QED) is 0.942. The number of sulfone groups is 1. The molecular formula is C14H11ClO4S. The molecular weight excluding hydrogens is 300 g/mol. The second-order valence-corrected chi connectivity index (χ2v) is 6.60. The number of rotatable bonds is 4. The van der Waals surface area contributed by atoms with Crippen molar-refractivity contribution in [1.29, 1.82) is 0 Å². The average molecular weight is 311 g/mol. The first-order valence-electron chi connectivity index (χ1n) is 5.70. The van der Waals surface area contributed by atoms with E-state index in [1.54, 1.807) is 18.2 Å². The van der Waals surface area contributed by atoms with E-state index in [2.05, 4.69) is 0 Å². The highest BCUT2D eigenvalue weighted by Crippen LogP contribution is 2.29. The van der Waals surface area contributed by atoms with Crippen LogP contribution in [0.15, 0.2) is 59.5 Å². The molecule has 0 heterocycles. The second kappa shape index (κ2) is 5.64. The molecule has 4 nitrogen and oxygen atoms in total. The number of carboxylic acids is 1. The van der Waals surface area contributed by atoms with E-state index in [4.69, 9.17) is 11.6 Å². The van der Waals surface area contributed by atoms with Crippen LogP contribution >= 0.6 is 11.6 Å². The Morgan fingerprint density at radius 1 is 1.00 bits per heavy atom. The summed E-state index contributed by atoms with van der Waals surface area (Å²) in [6.45, 7) is 0. The van der Waals surface area contributed by atoms with Crippen LogP contribution in [0.5, 0.6) is 0 Å². The first-order valence-corrected chi connectivity index (χ1v) is 7.62. The number of hydrogen-bond acceptors (Lipinski definition) is 3. The van der Waals surface area contributed by atoms with E-state index < -0.39 is 21.1 Å². The van der Waals surface area contributed by atoms with Gasteiger partial charge >= 0.3 is 5.97 Å². The lowest BCUT2D eigenvalue weighted by Gasteiger charge is -2.14. The first kappa shape index (κ1) is 14.6. The zero-order chi connectivity index (χ0) is 14.8. The largest absolute Gasteiger partial charge is 0.480 e. The molecule has 0 radical (unpaired) electrons. The van der Waals surface area contributed by atoms with E-state index in [0.29, 0.717) is 5.02 Å². The van der Waals surface area contributed by atoms with Gasteiger partial charge in [0.15, 0.2) is 15.1 Å². The van der Waals surface area contributed by atoms with Crippen LogP contribution in [0, 0.1) is 0 Å². The van der Waals surface area contributed by atoms with Gasteiger partial charge in [0.2, 0.25) is 0 Å². The van der Waals surface area contributed by atoms with Gasteiger partial charge in [-0.05, 0) is 29.8 Å². The molecule has 1 unspecified atom stereocenters. The molecule has 20 heavy (non-hydrogen) atoms. The van der Waals surface area contributed by atoms with E-state index in [-0.39, 0.29) is 10.5 Å². The van der Waals surface area contributed by atoms with Gasteiger partial charge in [-0.25, -0.2) is 8.42 Å². The van der Waals surface area contributed by atoms with Gasteiger partial charge in [0, 0.05) is 5.02 Å². The first-order chi connectivity index (χ1) is 9.43. The molecule has 0 saturated heterocycles. The third kappa shape index (κ3) is 2.84. The second-order valence-electron chi connectivity index (χ2n) is 4.13. The van der Waals surface area contributed by atoms with Crippen molar-refractivity contribution in [2.75, 3.05) is 0 Å². The molecule has 104 valence electrons. The van der Waals surface area contributed by atoms with Crippen LogP contribution < -0.4 is 0 Å². The SMILES string of the molecule is O=C(O)C(c1ccccc1)S(=O)(=O)c1ccc(Cl)cc1. The fraction of sp³-hybridized carbons (Fsp3) is 0.0714. The van der Waals surface area contributed by atoms with E-state index in [1.807, 2.05) is 0 Å². The van der Waals surface area contributed by atoms with Crippen molar-refractivity contribution in [2.24, 2.45) is 0 Å². The molecule has 0 aliphatic rings. The highest BCUT2D eigenvalue weighted by Gasteiger charge is 2.35. The van der Waals surface area contributed by atoms with Crippen LogP contribution in [0.25, 0.3) is 0 Å². The average Bonchev–Trinajstić information content (AvgIpc) is 2.39. The van der Waals surface area contributed by atoms with Crippen LogP contribution in [0.1, 0.15) is 10.8 Å². The molecule has 6 heteroatoms. The van der Waals surface area contributed by atoms with Crippen molar-refractivity contribution >= 4 is 27.4 Å². The maximum atomic E-state index is 12.5. The minimum absolute atomic E-state index is 0.0712. The fourth-order valence-corrected chi connectivity index (χ4v) is 3.54. The summed E-state index contributed by atoms with van der Waals surface area (Å²) in [6, 6.07) is 13.3. The minimum Gasteiger partial charge on any atom is -0.480 e. The molecule has 2 rings (SSSR count). The zero-order valence-electron chi connectivity index (χ0n) is 10.2. The predicted molar refractivity (Wildman–Crippen MR) is 75.5 cm³/mol. The molecule has 1 N–H and O–H groups in total. The van der Waals surface area contributed by atoms with Gasteiger partial charge in [0.1, 0.15) is 0 Å². The summed E-state index contributed by atoms with van der Waals surface area (Å²) >= 11 is 5.71. The number of benzene rings is 2. The molecule has 1 atom stereocenters. The molecule has 0 spiro atoms. The third-order valence-corrected chi connectivity index (χ3v) is 5.05. The number of carbonyl (C=O) groups is 1. The lowest BCUT2D eigenvalue weighted by atomic mass is 10.1. The summed E-state index contributed by atoms with van der Waals surface area (Å²) in [6.07, 6.45) is 0. The van der Waals surface area contributed by atoms with Crippen molar-refractivity contribution in [3.8, 4) is 0 Å². The molecule has 0 amide bonds. The van der Waals surface area contributed by atoms with E-state index in [1.165, 1.54) is 36.4 Å². The predicted octanol–water partition coefficient (Wildman–Crippen LogP) is 2.94. The molecule has 0 fully saturated rings. The highest BCUT2D eigenvalue weighted by atomic mass is 35.5. The Balaban J connectivity index is 2.54. The lowest BCUT2D eigenvalue weighted by molar-refractivity contribution is -0.136. The maximum Gasteiger partial charge on any atom is 0.326 e. The maximum absolute atomic E-state index is 12.5. The molecule has 2 aromatic rings. The van der Waals surface area contributed by atoms with Crippen LogP contribution in [0.3, 0.4) is 0 Å². The Kier molecular flexibility index (Phi) is 4.11. The van der Waals surface area contributed by atoms with Gasteiger partial charge in [0.05, 0.1) is 4.90 Å². The Hall–Kier alpha value is -1.85. The molecule has 2 aromatic carbocycles. The summed E-state index contributed by atoms with van der Waals surface area (Å²) in [4.78, 5) is 11.3. The molecule has 0 aromatic heterocycles. The van der Waals surface area contributed by atoms with Gasteiger partial charge in [-0.3, -0.25) is 4.79 Å². The number of aliphatic carboxylic acids is 1. The summed E-state index contributed by atoms with van der Waals surface area (Å²) in [5, 5.41) is 8.02. The van der Waals surface area contributed by atoms with E-state index in [0.717, 1.165) is 0 Å². The van der Waals surface area contributed by atoms with Crippen LogP contribution in [0.2, 0.25) is 5.02 Å². The van der Waals surface area contributed by atoms with Crippen molar-refractivity contribution in [3.05, 3.63) is 65.2 Å². The Morgan fingerprint density at radius 2 is 1.55 bits per heavy atom. The Morgan fingerprint density at radius 3 is 2.05 bits per heavy atom. The highest BCUT2D eigenvalue weighted by molar-refractivity contribution is 7.92. The van der Waals surface area contributed by atoms with E-state index in [9.17, 15) is 18.3 Å². The normalized spacial score (nSPS) is 12.8. The smallest absolute Gasteiger partial charge is 0.326 e. The van der Waals surface area contributed by atoms with E-state index >= 15 is 0 Å². The zero-order valence-corrected chi connectivity index (χ0v) is 11.8. The monoisotopic (exact) mass is 310 g/mol. The van der Waals surface area contributed by atoms with Gasteiger partial charge in [0.25, 0.3) is 0 Å².